The number of hydrogen-bond acceptors (Lipinski definition) is 5. The zero-order valence-electron chi connectivity index (χ0n) is 14.7. The fraction of sp³-hybridized carbons (Fsp3) is 0.421. The van der Waals surface area contributed by atoms with Crippen molar-refractivity contribution >= 4 is 17.4 Å². The summed E-state index contributed by atoms with van der Waals surface area (Å²) in [6.07, 6.45) is 1.01. The second-order valence-corrected chi connectivity index (χ2v) is 7.10. The van der Waals surface area contributed by atoms with Gasteiger partial charge in [0.05, 0.1) is 17.8 Å². The molecule has 3 heterocycles. The van der Waals surface area contributed by atoms with Crippen LogP contribution in [0.25, 0.3) is 0 Å². The van der Waals surface area contributed by atoms with E-state index in [2.05, 4.69) is 27.0 Å². The first-order valence-corrected chi connectivity index (χ1v) is 8.69. The zero-order chi connectivity index (χ0) is 17.4. The van der Waals surface area contributed by atoms with E-state index in [1.807, 2.05) is 54.3 Å². The summed E-state index contributed by atoms with van der Waals surface area (Å²) in [5.74, 6) is 1.08. The van der Waals surface area contributed by atoms with E-state index >= 15 is 0 Å². The molecule has 0 radical (unpaired) electrons. The summed E-state index contributed by atoms with van der Waals surface area (Å²) in [4.78, 5) is 19.0. The summed E-state index contributed by atoms with van der Waals surface area (Å²) in [5, 5.41) is 8.51. The third-order valence-corrected chi connectivity index (χ3v) is 5.44. The molecule has 1 atom stereocenters. The molecule has 0 bridgehead atoms. The highest BCUT2D eigenvalue weighted by molar-refractivity contribution is 5.96. The van der Waals surface area contributed by atoms with Gasteiger partial charge < -0.3 is 9.80 Å². The SMILES string of the molecule is Cc1ccc(N2CCC3(C2)CN(c2ccccc2)C(=O)CN3C)nn1. The third kappa shape index (κ3) is 2.87. The van der Waals surface area contributed by atoms with Gasteiger partial charge in [-0.3, -0.25) is 9.69 Å². The Labute approximate surface area is 148 Å². The van der Waals surface area contributed by atoms with Crippen molar-refractivity contribution in [3.8, 4) is 0 Å². The first-order valence-electron chi connectivity index (χ1n) is 8.69. The summed E-state index contributed by atoms with van der Waals surface area (Å²) in [7, 11) is 2.06. The monoisotopic (exact) mass is 337 g/mol. The number of amides is 1. The predicted molar refractivity (Wildman–Crippen MR) is 97.8 cm³/mol. The van der Waals surface area contributed by atoms with E-state index in [0.717, 1.165) is 36.7 Å². The smallest absolute Gasteiger partial charge is 0.241 e. The van der Waals surface area contributed by atoms with Crippen molar-refractivity contribution < 1.29 is 4.79 Å². The minimum atomic E-state index is -0.0453. The zero-order valence-corrected chi connectivity index (χ0v) is 14.7. The van der Waals surface area contributed by atoms with Gasteiger partial charge in [-0.25, -0.2) is 0 Å². The van der Waals surface area contributed by atoms with Crippen LogP contribution in [0.3, 0.4) is 0 Å². The molecule has 4 rings (SSSR count). The van der Waals surface area contributed by atoms with Gasteiger partial charge in [-0.2, -0.15) is 5.10 Å². The van der Waals surface area contributed by atoms with Gasteiger partial charge in [0.1, 0.15) is 0 Å². The molecule has 1 spiro atoms. The number of carbonyl (C=O) groups is 1. The largest absolute Gasteiger partial charge is 0.353 e. The Kier molecular flexibility index (Phi) is 3.92. The van der Waals surface area contributed by atoms with Gasteiger partial charge >= 0.3 is 0 Å². The number of aromatic nitrogens is 2. The van der Waals surface area contributed by atoms with Gasteiger partial charge in [0.2, 0.25) is 5.91 Å². The molecule has 2 saturated heterocycles. The van der Waals surface area contributed by atoms with Crippen LogP contribution >= 0.6 is 0 Å². The van der Waals surface area contributed by atoms with Crippen LogP contribution in [0.15, 0.2) is 42.5 Å². The summed E-state index contributed by atoms with van der Waals surface area (Å²) < 4.78 is 0. The Morgan fingerprint density at radius 1 is 1.04 bits per heavy atom. The maximum absolute atomic E-state index is 12.6. The maximum atomic E-state index is 12.6. The Morgan fingerprint density at radius 3 is 2.56 bits per heavy atom. The topological polar surface area (TPSA) is 52.6 Å². The Hall–Kier alpha value is -2.47. The number of benzene rings is 1. The number of hydrogen-bond donors (Lipinski definition) is 0. The van der Waals surface area contributed by atoms with Crippen molar-refractivity contribution in [2.45, 2.75) is 18.9 Å². The molecule has 0 aliphatic carbocycles. The fourth-order valence-electron chi connectivity index (χ4n) is 3.86. The van der Waals surface area contributed by atoms with Crippen molar-refractivity contribution in [1.82, 2.24) is 15.1 Å². The average molecular weight is 337 g/mol. The van der Waals surface area contributed by atoms with Crippen LogP contribution in [0.2, 0.25) is 0 Å². The van der Waals surface area contributed by atoms with Crippen LogP contribution in [0.1, 0.15) is 12.1 Å². The molecular weight excluding hydrogens is 314 g/mol. The van der Waals surface area contributed by atoms with Crippen molar-refractivity contribution in [3.05, 3.63) is 48.2 Å². The summed E-state index contributed by atoms with van der Waals surface area (Å²) in [5.41, 5.74) is 1.86. The number of piperazine rings is 1. The van der Waals surface area contributed by atoms with E-state index in [0.29, 0.717) is 13.1 Å². The molecule has 1 unspecified atom stereocenters. The molecule has 2 fully saturated rings. The van der Waals surface area contributed by atoms with E-state index in [-0.39, 0.29) is 11.4 Å². The van der Waals surface area contributed by atoms with Crippen molar-refractivity contribution in [2.75, 3.05) is 43.0 Å². The third-order valence-electron chi connectivity index (χ3n) is 5.44. The molecule has 6 nitrogen and oxygen atoms in total. The fourth-order valence-corrected chi connectivity index (χ4v) is 3.86. The molecule has 1 amide bonds. The Bertz CT molecular complexity index is 763. The number of likely N-dealkylation sites (N-methyl/N-ethyl adjacent to an activating group) is 1. The summed E-state index contributed by atoms with van der Waals surface area (Å²) >= 11 is 0. The van der Waals surface area contributed by atoms with Crippen molar-refractivity contribution in [2.24, 2.45) is 0 Å². The quantitative estimate of drug-likeness (QED) is 0.835. The van der Waals surface area contributed by atoms with Gasteiger partial charge in [-0.15, -0.1) is 5.10 Å². The molecule has 1 aromatic carbocycles. The van der Waals surface area contributed by atoms with Crippen LogP contribution in [0, 0.1) is 6.92 Å². The lowest BCUT2D eigenvalue weighted by Gasteiger charge is -2.46. The standard InChI is InChI=1S/C19H23N5O/c1-15-8-9-17(21-20-15)23-11-10-19(13-23)14-24(18(25)12-22(19)2)16-6-4-3-5-7-16/h3-9H,10-14H2,1-2H3. The Balaban J connectivity index is 1.58. The number of nitrogens with zero attached hydrogens (tertiary/aromatic N) is 5. The van der Waals surface area contributed by atoms with Gasteiger partial charge in [0.15, 0.2) is 5.82 Å². The normalized spacial score (nSPS) is 24.3. The second kappa shape index (κ2) is 6.11. The lowest BCUT2D eigenvalue weighted by molar-refractivity contribution is -0.123. The summed E-state index contributed by atoms with van der Waals surface area (Å²) in [6.45, 7) is 4.89. The van der Waals surface area contributed by atoms with Crippen molar-refractivity contribution in [1.29, 1.82) is 0 Å². The van der Waals surface area contributed by atoms with E-state index in [4.69, 9.17) is 0 Å². The average Bonchev–Trinajstić information content (AvgIpc) is 3.05. The highest BCUT2D eigenvalue weighted by Crippen LogP contribution is 2.34. The lowest BCUT2D eigenvalue weighted by atomic mass is 9.92. The number of aryl methyl sites for hydroxylation is 1. The lowest BCUT2D eigenvalue weighted by Crippen LogP contribution is -2.64. The number of para-hydroxylation sites is 1. The number of rotatable bonds is 2. The second-order valence-electron chi connectivity index (χ2n) is 7.10. The first-order chi connectivity index (χ1) is 12.1. The van der Waals surface area contributed by atoms with E-state index in [9.17, 15) is 4.79 Å². The van der Waals surface area contributed by atoms with Crippen LogP contribution in [-0.4, -0.2) is 59.8 Å². The predicted octanol–water partition coefficient (Wildman–Crippen LogP) is 1.71. The van der Waals surface area contributed by atoms with Crippen LogP contribution in [0.4, 0.5) is 11.5 Å². The molecule has 0 N–H and O–H groups in total. The van der Waals surface area contributed by atoms with Crippen LogP contribution in [-0.2, 0) is 4.79 Å². The molecule has 2 aromatic rings. The first kappa shape index (κ1) is 16.0. The molecule has 2 aliphatic heterocycles. The van der Waals surface area contributed by atoms with Crippen LogP contribution < -0.4 is 9.80 Å². The van der Waals surface area contributed by atoms with Gasteiger partial charge in [-0.05, 0) is 44.7 Å². The van der Waals surface area contributed by atoms with E-state index < -0.39 is 0 Å². The van der Waals surface area contributed by atoms with Gasteiger partial charge in [-0.1, -0.05) is 18.2 Å². The summed E-state index contributed by atoms with van der Waals surface area (Å²) in [6, 6.07) is 14.0. The highest BCUT2D eigenvalue weighted by Gasteiger charge is 2.48. The highest BCUT2D eigenvalue weighted by atomic mass is 16.2. The minimum Gasteiger partial charge on any atom is -0.353 e. The van der Waals surface area contributed by atoms with Gasteiger partial charge in [0.25, 0.3) is 0 Å². The van der Waals surface area contributed by atoms with E-state index in [1.54, 1.807) is 0 Å². The molecule has 25 heavy (non-hydrogen) atoms. The Morgan fingerprint density at radius 2 is 1.84 bits per heavy atom. The molecule has 2 aliphatic rings. The molecular formula is C19H23N5O. The molecule has 0 saturated carbocycles. The van der Waals surface area contributed by atoms with Crippen LogP contribution in [0.5, 0.6) is 0 Å². The van der Waals surface area contributed by atoms with Gasteiger partial charge in [0, 0.05) is 25.3 Å². The molecule has 130 valence electrons. The van der Waals surface area contributed by atoms with Crippen molar-refractivity contribution in [3.63, 3.8) is 0 Å². The number of carbonyl (C=O) groups excluding carboxylic acids is 1. The minimum absolute atomic E-state index is 0.0453. The maximum Gasteiger partial charge on any atom is 0.241 e. The number of anilines is 2. The molecule has 6 heteroatoms. The molecule has 1 aromatic heterocycles. The van der Waals surface area contributed by atoms with E-state index in [1.165, 1.54) is 0 Å².